The Labute approximate surface area is 91.8 Å². The molecular formula is C11H10N2OS. The van der Waals surface area contributed by atoms with Crippen LogP contribution in [0.3, 0.4) is 0 Å². The van der Waals surface area contributed by atoms with Crippen molar-refractivity contribution in [1.82, 2.24) is 10.3 Å². The fourth-order valence-corrected chi connectivity index (χ4v) is 1.92. The average molecular weight is 218 g/mol. The maximum atomic E-state index is 11.3. The zero-order chi connectivity index (χ0) is 10.7. The number of thiazole rings is 1. The largest absolute Gasteiger partial charge is 0.355 e. The van der Waals surface area contributed by atoms with Gasteiger partial charge in [0.1, 0.15) is 0 Å². The molecule has 76 valence electrons. The summed E-state index contributed by atoms with van der Waals surface area (Å²) in [6.07, 6.45) is 1.82. The van der Waals surface area contributed by atoms with Crippen LogP contribution in [-0.4, -0.2) is 17.9 Å². The van der Waals surface area contributed by atoms with Crippen LogP contribution in [0.2, 0.25) is 0 Å². The molecule has 1 amide bonds. The molecule has 0 saturated heterocycles. The number of nitrogens with zero attached hydrogens (tertiary/aromatic N) is 1. The number of carbonyl (C=O) groups excluding carboxylic acids is 1. The molecule has 15 heavy (non-hydrogen) atoms. The summed E-state index contributed by atoms with van der Waals surface area (Å²) in [5.41, 5.74) is 3.55. The number of hydrogen-bond acceptors (Lipinski definition) is 3. The molecule has 0 saturated carbocycles. The Morgan fingerprint density at radius 3 is 2.60 bits per heavy atom. The van der Waals surface area contributed by atoms with Gasteiger partial charge in [-0.2, -0.15) is 0 Å². The Kier molecular flexibility index (Phi) is 2.78. The van der Waals surface area contributed by atoms with Gasteiger partial charge >= 0.3 is 0 Å². The van der Waals surface area contributed by atoms with Gasteiger partial charge in [0, 0.05) is 18.8 Å². The first-order chi connectivity index (χ1) is 7.31. The Hall–Kier alpha value is -1.68. The van der Waals surface area contributed by atoms with Crippen LogP contribution in [0.5, 0.6) is 0 Å². The van der Waals surface area contributed by atoms with Crippen LogP contribution < -0.4 is 5.32 Å². The maximum absolute atomic E-state index is 11.3. The fraction of sp³-hybridized carbons (Fsp3) is 0.0909. The molecule has 0 spiro atoms. The van der Waals surface area contributed by atoms with Crippen molar-refractivity contribution in [1.29, 1.82) is 0 Å². The lowest BCUT2D eigenvalue weighted by molar-refractivity contribution is 0.0963. The molecule has 0 atom stereocenters. The van der Waals surface area contributed by atoms with Crippen molar-refractivity contribution < 1.29 is 4.79 Å². The molecule has 0 aliphatic heterocycles. The number of carbonyl (C=O) groups is 1. The average Bonchev–Trinajstić information content (AvgIpc) is 2.82. The summed E-state index contributed by atoms with van der Waals surface area (Å²) in [7, 11) is 1.62. The van der Waals surface area contributed by atoms with E-state index in [1.807, 2.05) is 30.5 Å². The molecule has 0 aliphatic carbocycles. The van der Waals surface area contributed by atoms with Crippen LogP contribution in [0.4, 0.5) is 0 Å². The molecule has 2 aromatic rings. The van der Waals surface area contributed by atoms with Crippen LogP contribution in [-0.2, 0) is 0 Å². The lowest BCUT2D eigenvalue weighted by atomic mass is 10.1. The van der Waals surface area contributed by atoms with Crippen molar-refractivity contribution in [3.8, 4) is 10.4 Å². The third-order valence-electron chi connectivity index (χ3n) is 2.09. The molecule has 0 bridgehead atoms. The van der Waals surface area contributed by atoms with Crippen LogP contribution >= 0.6 is 11.3 Å². The first kappa shape index (κ1) is 9.86. The van der Waals surface area contributed by atoms with Crippen molar-refractivity contribution in [3.05, 3.63) is 41.5 Å². The van der Waals surface area contributed by atoms with E-state index >= 15 is 0 Å². The van der Waals surface area contributed by atoms with Crippen molar-refractivity contribution in [2.45, 2.75) is 0 Å². The molecule has 0 radical (unpaired) electrons. The molecule has 1 heterocycles. The van der Waals surface area contributed by atoms with Gasteiger partial charge in [0.15, 0.2) is 0 Å². The number of benzene rings is 1. The highest BCUT2D eigenvalue weighted by Crippen LogP contribution is 2.23. The van der Waals surface area contributed by atoms with Crippen molar-refractivity contribution in [3.63, 3.8) is 0 Å². The van der Waals surface area contributed by atoms with Gasteiger partial charge in [-0.05, 0) is 17.7 Å². The second kappa shape index (κ2) is 4.23. The monoisotopic (exact) mass is 218 g/mol. The lowest BCUT2D eigenvalue weighted by Crippen LogP contribution is -2.17. The molecule has 2 rings (SSSR count). The van der Waals surface area contributed by atoms with E-state index in [1.165, 1.54) is 0 Å². The van der Waals surface area contributed by atoms with Crippen LogP contribution in [0.1, 0.15) is 10.4 Å². The zero-order valence-corrected chi connectivity index (χ0v) is 9.04. The van der Waals surface area contributed by atoms with E-state index in [-0.39, 0.29) is 5.91 Å². The molecule has 0 unspecified atom stereocenters. The summed E-state index contributed by atoms with van der Waals surface area (Å²) in [5, 5.41) is 2.59. The summed E-state index contributed by atoms with van der Waals surface area (Å²) in [5.74, 6) is -0.0640. The topological polar surface area (TPSA) is 42.0 Å². The standard InChI is InChI=1S/C11H10N2OS/c1-12-11(14)9-4-2-8(3-5-9)10-6-13-7-15-10/h2-7H,1H3,(H,12,14). The zero-order valence-electron chi connectivity index (χ0n) is 8.23. The van der Waals surface area contributed by atoms with Crippen LogP contribution in [0.25, 0.3) is 10.4 Å². The Morgan fingerprint density at radius 2 is 2.07 bits per heavy atom. The summed E-state index contributed by atoms with van der Waals surface area (Å²) in [6, 6.07) is 7.48. The van der Waals surface area contributed by atoms with Gasteiger partial charge in [-0.1, -0.05) is 12.1 Å². The molecular weight excluding hydrogens is 208 g/mol. The second-order valence-corrected chi connectivity index (χ2v) is 3.91. The highest BCUT2D eigenvalue weighted by molar-refractivity contribution is 7.13. The number of hydrogen-bond donors (Lipinski definition) is 1. The smallest absolute Gasteiger partial charge is 0.251 e. The minimum absolute atomic E-state index is 0.0640. The number of rotatable bonds is 2. The van der Waals surface area contributed by atoms with Gasteiger partial charge in [0.05, 0.1) is 10.4 Å². The van der Waals surface area contributed by atoms with E-state index < -0.39 is 0 Å². The van der Waals surface area contributed by atoms with Crippen molar-refractivity contribution in [2.75, 3.05) is 7.05 Å². The minimum atomic E-state index is -0.0640. The van der Waals surface area contributed by atoms with Crippen LogP contribution in [0.15, 0.2) is 36.0 Å². The highest BCUT2D eigenvalue weighted by Gasteiger charge is 2.03. The maximum Gasteiger partial charge on any atom is 0.251 e. The van der Waals surface area contributed by atoms with E-state index in [9.17, 15) is 4.79 Å². The van der Waals surface area contributed by atoms with E-state index in [2.05, 4.69) is 10.3 Å². The molecule has 4 heteroatoms. The summed E-state index contributed by atoms with van der Waals surface area (Å²) < 4.78 is 0. The van der Waals surface area contributed by atoms with Crippen LogP contribution in [0, 0.1) is 0 Å². The van der Waals surface area contributed by atoms with Gasteiger partial charge in [-0.3, -0.25) is 9.78 Å². The fourth-order valence-electron chi connectivity index (χ4n) is 1.29. The highest BCUT2D eigenvalue weighted by atomic mass is 32.1. The van der Waals surface area contributed by atoms with Gasteiger partial charge in [-0.25, -0.2) is 0 Å². The van der Waals surface area contributed by atoms with Gasteiger partial charge in [0.2, 0.25) is 0 Å². The Bertz CT molecular complexity index is 448. The molecule has 0 aliphatic rings. The van der Waals surface area contributed by atoms with Crippen molar-refractivity contribution >= 4 is 17.2 Å². The summed E-state index contributed by atoms with van der Waals surface area (Å²) in [6.45, 7) is 0. The van der Waals surface area contributed by atoms with E-state index in [4.69, 9.17) is 0 Å². The molecule has 1 aromatic heterocycles. The van der Waals surface area contributed by atoms with E-state index in [1.54, 1.807) is 23.9 Å². The predicted octanol–water partition coefficient (Wildman–Crippen LogP) is 2.17. The lowest BCUT2D eigenvalue weighted by Gasteiger charge is -2.00. The Balaban J connectivity index is 2.29. The minimum Gasteiger partial charge on any atom is -0.355 e. The number of nitrogens with one attached hydrogen (secondary N) is 1. The van der Waals surface area contributed by atoms with Gasteiger partial charge in [-0.15, -0.1) is 11.3 Å². The second-order valence-electron chi connectivity index (χ2n) is 3.02. The van der Waals surface area contributed by atoms with E-state index in [0.717, 1.165) is 10.4 Å². The number of aromatic nitrogens is 1. The van der Waals surface area contributed by atoms with Gasteiger partial charge in [0.25, 0.3) is 5.91 Å². The SMILES string of the molecule is CNC(=O)c1ccc(-c2cncs2)cc1. The third kappa shape index (κ3) is 2.05. The van der Waals surface area contributed by atoms with E-state index in [0.29, 0.717) is 5.56 Å². The molecule has 1 aromatic carbocycles. The predicted molar refractivity (Wildman–Crippen MR) is 60.9 cm³/mol. The first-order valence-electron chi connectivity index (χ1n) is 4.52. The van der Waals surface area contributed by atoms with Gasteiger partial charge < -0.3 is 5.32 Å². The quantitative estimate of drug-likeness (QED) is 0.839. The van der Waals surface area contributed by atoms with Crippen molar-refractivity contribution in [2.24, 2.45) is 0 Å². The normalized spacial score (nSPS) is 9.93. The Morgan fingerprint density at radius 1 is 1.33 bits per heavy atom. The first-order valence-corrected chi connectivity index (χ1v) is 5.40. The molecule has 3 nitrogen and oxygen atoms in total. The third-order valence-corrected chi connectivity index (χ3v) is 2.91. The molecule has 0 fully saturated rings. The number of amides is 1. The molecule has 1 N–H and O–H groups in total. The summed E-state index contributed by atoms with van der Waals surface area (Å²) >= 11 is 1.58. The summed E-state index contributed by atoms with van der Waals surface area (Å²) in [4.78, 5) is 16.4.